The predicted octanol–water partition coefficient (Wildman–Crippen LogP) is 2.29. The maximum Gasteiger partial charge on any atom is 0.226 e. The Hall–Kier alpha value is -1.69. The zero-order valence-electron chi connectivity index (χ0n) is 10.5. The van der Waals surface area contributed by atoms with Crippen molar-refractivity contribution < 1.29 is 4.74 Å². The summed E-state index contributed by atoms with van der Waals surface area (Å²) in [6, 6.07) is 1.83. The summed E-state index contributed by atoms with van der Waals surface area (Å²) < 4.78 is 5.38. The van der Waals surface area contributed by atoms with E-state index in [0.717, 1.165) is 24.4 Å². The van der Waals surface area contributed by atoms with Crippen molar-refractivity contribution in [2.75, 3.05) is 18.5 Å². The zero-order chi connectivity index (χ0) is 12.8. The molecule has 18 heavy (non-hydrogen) atoms. The van der Waals surface area contributed by atoms with E-state index in [4.69, 9.17) is 4.74 Å². The molecule has 0 radical (unpaired) electrons. The van der Waals surface area contributed by atoms with Crippen molar-refractivity contribution in [1.82, 2.24) is 15.0 Å². The van der Waals surface area contributed by atoms with Crippen molar-refractivity contribution in [3.8, 4) is 5.88 Å². The van der Waals surface area contributed by atoms with Crippen molar-refractivity contribution >= 4 is 17.3 Å². The molecule has 0 bridgehead atoms. The molecule has 0 spiro atoms. The first-order valence-corrected chi connectivity index (χ1v) is 6.81. The number of anilines is 1. The van der Waals surface area contributed by atoms with Gasteiger partial charge in [0.05, 0.1) is 17.8 Å². The van der Waals surface area contributed by atoms with Gasteiger partial charge in [0.25, 0.3) is 0 Å². The van der Waals surface area contributed by atoms with E-state index in [0.29, 0.717) is 18.4 Å². The number of ether oxygens (including phenoxy) is 1. The number of nitrogens with one attached hydrogen (secondary N) is 1. The Morgan fingerprint density at radius 1 is 1.39 bits per heavy atom. The fourth-order valence-corrected chi connectivity index (χ4v) is 2.10. The van der Waals surface area contributed by atoms with Crippen molar-refractivity contribution in [2.24, 2.45) is 0 Å². The number of nitrogens with zero attached hydrogens (tertiary/aromatic N) is 3. The van der Waals surface area contributed by atoms with Crippen LogP contribution in [-0.4, -0.2) is 28.1 Å². The Morgan fingerprint density at radius 3 is 3.00 bits per heavy atom. The molecule has 2 aromatic heterocycles. The summed E-state index contributed by atoms with van der Waals surface area (Å²) in [6.45, 7) is 5.23. The van der Waals surface area contributed by atoms with Gasteiger partial charge in [-0.05, 0) is 13.8 Å². The van der Waals surface area contributed by atoms with Gasteiger partial charge in [-0.1, -0.05) is 0 Å². The summed E-state index contributed by atoms with van der Waals surface area (Å²) in [5.41, 5.74) is 3.82. The van der Waals surface area contributed by atoms with Crippen LogP contribution in [0.4, 0.5) is 5.95 Å². The third-order valence-corrected chi connectivity index (χ3v) is 2.91. The molecular formula is C12H16N4OS. The molecule has 0 saturated carbocycles. The lowest BCUT2D eigenvalue weighted by Crippen LogP contribution is -2.09. The standard InChI is InChI=1S/C12H16N4OS/c1-3-17-11-6-9(2)15-12(16-11)13-5-4-10-7-18-8-14-10/h6-8H,3-5H2,1-2H3,(H,13,15,16). The molecule has 2 rings (SSSR count). The number of aryl methyl sites for hydroxylation is 1. The molecule has 96 valence electrons. The average molecular weight is 264 g/mol. The van der Waals surface area contributed by atoms with Crippen molar-refractivity contribution in [2.45, 2.75) is 20.3 Å². The van der Waals surface area contributed by atoms with E-state index in [-0.39, 0.29) is 0 Å². The Balaban J connectivity index is 1.92. The normalized spacial score (nSPS) is 10.3. The van der Waals surface area contributed by atoms with Gasteiger partial charge in [-0.15, -0.1) is 11.3 Å². The Bertz CT molecular complexity index is 487. The van der Waals surface area contributed by atoms with Gasteiger partial charge in [0.1, 0.15) is 0 Å². The van der Waals surface area contributed by atoms with Gasteiger partial charge in [-0.3, -0.25) is 0 Å². The van der Waals surface area contributed by atoms with Gasteiger partial charge < -0.3 is 10.1 Å². The third-order valence-electron chi connectivity index (χ3n) is 2.27. The number of thiazole rings is 1. The highest BCUT2D eigenvalue weighted by Gasteiger charge is 2.02. The zero-order valence-corrected chi connectivity index (χ0v) is 11.3. The molecule has 5 nitrogen and oxygen atoms in total. The van der Waals surface area contributed by atoms with Crippen LogP contribution in [-0.2, 0) is 6.42 Å². The maximum atomic E-state index is 5.38. The highest BCUT2D eigenvalue weighted by Crippen LogP contribution is 2.12. The average Bonchev–Trinajstić information content (AvgIpc) is 2.82. The Morgan fingerprint density at radius 2 is 2.28 bits per heavy atom. The Kier molecular flexibility index (Phi) is 4.46. The van der Waals surface area contributed by atoms with Crippen LogP contribution in [0.15, 0.2) is 17.0 Å². The van der Waals surface area contributed by atoms with Crippen molar-refractivity contribution in [1.29, 1.82) is 0 Å². The predicted molar refractivity (Wildman–Crippen MR) is 72.2 cm³/mol. The molecule has 2 heterocycles. The van der Waals surface area contributed by atoms with Gasteiger partial charge >= 0.3 is 0 Å². The quantitative estimate of drug-likeness (QED) is 0.867. The van der Waals surface area contributed by atoms with E-state index in [1.165, 1.54) is 0 Å². The Labute approximate surface area is 110 Å². The molecule has 1 N–H and O–H groups in total. The van der Waals surface area contributed by atoms with Crippen LogP contribution in [0.5, 0.6) is 5.88 Å². The minimum atomic E-state index is 0.605. The molecule has 0 aliphatic heterocycles. The lowest BCUT2D eigenvalue weighted by Gasteiger charge is -2.07. The third kappa shape index (κ3) is 3.66. The van der Waals surface area contributed by atoms with Gasteiger partial charge in [0, 0.05) is 30.1 Å². The topological polar surface area (TPSA) is 59.9 Å². The molecule has 6 heteroatoms. The van der Waals surface area contributed by atoms with Crippen molar-refractivity contribution in [3.63, 3.8) is 0 Å². The second-order valence-electron chi connectivity index (χ2n) is 3.76. The number of rotatable bonds is 6. The summed E-state index contributed by atoms with van der Waals surface area (Å²) in [5, 5.41) is 5.23. The van der Waals surface area contributed by atoms with Crippen LogP contribution in [0.1, 0.15) is 18.3 Å². The minimum absolute atomic E-state index is 0.605. The first kappa shape index (κ1) is 12.8. The van der Waals surface area contributed by atoms with Crippen LogP contribution in [0.3, 0.4) is 0 Å². The molecule has 2 aromatic rings. The lowest BCUT2D eigenvalue weighted by molar-refractivity contribution is 0.326. The second-order valence-corrected chi connectivity index (χ2v) is 4.48. The van der Waals surface area contributed by atoms with Crippen LogP contribution in [0.25, 0.3) is 0 Å². The van der Waals surface area contributed by atoms with E-state index in [1.807, 2.05) is 30.8 Å². The van der Waals surface area contributed by atoms with Crippen LogP contribution < -0.4 is 10.1 Å². The summed E-state index contributed by atoms with van der Waals surface area (Å²) in [7, 11) is 0. The summed E-state index contributed by atoms with van der Waals surface area (Å²) in [5.74, 6) is 1.22. The van der Waals surface area contributed by atoms with Crippen LogP contribution in [0, 0.1) is 6.92 Å². The lowest BCUT2D eigenvalue weighted by atomic mass is 10.3. The molecule has 0 atom stereocenters. The van der Waals surface area contributed by atoms with Crippen molar-refractivity contribution in [3.05, 3.63) is 28.3 Å². The minimum Gasteiger partial charge on any atom is -0.478 e. The van der Waals surface area contributed by atoms with Gasteiger partial charge in [0.2, 0.25) is 11.8 Å². The summed E-state index contributed by atoms with van der Waals surface area (Å²) in [6.07, 6.45) is 0.866. The molecule has 0 fully saturated rings. The van der Waals surface area contributed by atoms with Gasteiger partial charge in [0.15, 0.2) is 0 Å². The summed E-state index contributed by atoms with van der Waals surface area (Å²) in [4.78, 5) is 12.8. The smallest absolute Gasteiger partial charge is 0.226 e. The highest BCUT2D eigenvalue weighted by atomic mass is 32.1. The van der Waals surface area contributed by atoms with E-state index in [1.54, 1.807) is 11.3 Å². The first-order valence-electron chi connectivity index (χ1n) is 5.87. The number of hydrogen-bond acceptors (Lipinski definition) is 6. The molecular weight excluding hydrogens is 248 g/mol. The maximum absolute atomic E-state index is 5.38. The molecule has 0 aliphatic rings. The number of hydrogen-bond donors (Lipinski definition) is 1. The molecule has 0 aromatic carbocycles. The highest BCUT2D eigenvalue weighted by molar-refractivity contribution is 7.07. The van der Waals surface area contributed by atoms with E-state index < -0.39 is 0 Å². The van der Waals surface area contributed by atoms with E-state index in [9.17, 15) is 0 Å². The fraction of sp³-hybridized carbons (Fsp3) is 0.417. The fourth-order valence-electron chi connectivity index (χ4n) is 1.50. The van der Waals surface area contributed by atoms with Gasteiger partial charge in [-0.2, -0.15) is 4.98 Å². The van der Waals surface area contributed by atoms with Crippen LogP contribution >= 0.6 is 11.3 Å². The number of aromatic nitrogens is 3. The largest absolute Gasteiger partial charge is 0.478 e. The van der Waals surface area contributed by atoms with E-state index >= 15 is 0 Å². The van der Waals surface area contributed by atoms with Crippen LogP contribution in [0.2, 0.25) is 0 Å². The monoisotopic (exact) mass is 264 g/mol. The first-order chi connectivity index (χ1) is 8.78. The molecule has 0 amide bonds. The second kappa shape index (κ2) is 6.30. The SMILES string of the molecule is CCOc1cc(C)nc(NCCc2cscn2)n1. The molecule has 0 aliphatic carbocycles. The molecule has 0 unspecified atom stereocenters. The van der Waals surface area contributed by atoms with E-state index in [2.05, 4.69) is 20.3 Å². The summed E-state index contributed by atoms with van der Waals surface area (Å²) >= 11 is 1.61. The van der Waals surface area contributed by atoms with Gasteiger partial charge in [-0.25, -0.2) is 9.97 Å². The molecule has 0 saturated heterocycles.